The Morgan fingerprint density at radius 3 is 1.32 bits per heavy atom. The number of hydrogen-bond donors (Lipinski definition) is 2. The zero-order valence-corrected chi connectivity index (χ0v) is 39.3. The lowest BCUT2D eigenvalue weighted by atomic mass is 10.00. The molecular formula is C56H63F2N7O4. The van der Waals surface area contributed by atoms with Gasteiger partial charge in [-0.25, -0.2) is 8.78 Å². The third-order valence-corrected chi connectivity index (χ3v) is 14.3. The first kappa shape index (κ1) is 47.6. The van der Waals surface area contributed by atoms with Crippen molar-refractivity contribution in [1.82, 2.24) is 19.6 Å². The van der Waals surface area contributed by atoms with Crippen molar-refractivity contribution in [2.75, 3.05) is 54.8 Å². The summed E-state index contributed by atoms with van der Waals surface area (Å²) in [6, 6.07) is 36.5. The van der Waals surface area contributed by atoms with E-state index in [4.69, 9.17) is 0 Å². The minimum absolute atomic E-state index is 0.0303. The first-order chi connectivity index (χ1) is 33.7. The quantitative estimate of drug-likeness (QED) is 0.108. The molecule has 4 aliphatic rings. The summed E-state index contributed by atoms with van der Waals surface area (Å²) >= 11 is 0. The maximum atomic E-state index is 14.7. The lowest BCUT2D eigenvalue weighted by Crippen LogP contribution is -2.49. The third-order valence-electron chi connectivity index (χ3n) is 14.3. The van der Waals surface area contributed by atoms with E-state index in [0.717, 1.165) is 106 Å². The van der Waals surface area contributed by atoms with Gasteiger partial charge in [0.05, 0.1) is 0 Å². The highest BCUT2D eigenvalue weighted by atomic mass is 19.2. The summed E-state index contributed by atoms with van der Waals surface area (Å²) in [6.07, 6.45) is 9.16. The van der Waals surface area contributed by atoms with Crippen molar-refractivity contribution in [3.63, 3.8) is 0 Å². The number of likely N-dealkylation sites (tertiary alicyclic amines) is 4. The number of anilines is 3. The fourth-order valence-electron chi connectivity index (χ4n) is 10.8. The summed E-state index contributed by atoms with van der Waals surface area (Å²) in [5.74, 6) is -2.39. The Balaban J connectivity index is 0.842. The molecule has 360 valence electrons. The summed E-state index contributed by atoms with van der Waals surface area (Å²) < 4.78 is 28.9. The van der Waals surface area contributed by atoms with Gasteiger partial charge in [0.25, 0.3) is 0 Å². The number of benzene rings is 5. The zero-order valence-electron chi connectivity index (χ0n) is 39.3. The van der Waals surface area contributed by atoms with Crippen molar-refractivity contribution < 1.29 is 28.0 Å². The second-order valence-corrected chi connectivity index (χ2v) is 19.0. The minimum atomic E-state index is -0.954. The molecule has 69 heavy (non-hydrogen) atoms. The summed E-state index contributed by atoms with van der Waals surface area (Å²) in [6.45, 7) is 5.13. The fourth-order valence-corrected chi connectivity index (χ4v) is 10.8. The Hall–Kier alpha value is -6.44. The highest BCUT2D eigenvalue weighted by Crippen LogP contribution is 2.33. The van der Waals surface area contributed by atoms with Crippen LogP contribution in [0.15, 0.2) is 127 Å². The SMILES string of the molecule is O=C(Nc1ccc(CN(Cc2ccc(NC(=O)[C@@H]3CCCN3C(=O)[C@@H](c3ccccc3)N3CCCCC3)cc2)c2ccc(F)c(F)c2)cc1)[C@@H]1CCCN1C(=O)[C@@H](c1ccccc1)N1CCCCC1. The molecule has 4 fully saturated rings. The van der Waals surface area contributed by atoms with Gasteiger partial charge in [0.15, 0.2) is 11.6 Å². The van der Waals surface area contributed by atoms with E-state index in [2.05, 4.69) is 20.4 Å². The van der Waals surface area contributed by atoms with Crippen LogP contribution in [0.1, 0.15) is 98.5 Å². The molecule has 0 radical (unpaired) electrons. The monoisotopic (exact) mass is 935 g/mol. The maximum Gasteiger partial charge on any atom is 0.247 e. The van der Waals surface area contributed by atoms with Gasteiger partial charge in [-0.1, -0.05) is 97.8 Å². The average Bonchev–Trinajstić information content (AvgIpc) is 4.09. The molecule has 5 aromatic rings. The molecule has 0 spiro atoms. The molecule has 0 unspecified atom stereocenters. The Labute approximate surface area is 404 Å². The molecule has 0 bridgehead atoms. The molecule has 2 N–H and O–H groups in total. The molecule has 0 saturated carbocycles. The Morgan fingerprint density at radius 1 is 0.493 bits per heavy atom. The van der Waals surface area contributed by atoms with Crippen molar-refractivity contribution in [3.8, 4) is 0 Å². The summed E-state index contributed by atoms with van der Waals surface area (Å²) in [4.78, 5) is 66.3. The Bertz CT molecular complexity index is 2380. The molecule has 11 nitrogen and oxygen atoms in total. The Kier molecular flexibility index (Phi) is 15.4. The largest absolute Gasteiger partial charge is 0.363 e. The maximum absolute atomic E-state index is 14.7. The van der Waals surface area contributed by atoms with E-state index in [1.165, 1.54) is 6.07 Å². The van der Waals surface area contributed by atoms with Gasteiger partial charge in [0, 0.05) is 49.3 Å². The molecule has 4 amide bonds. The zero-order chi connectivity index (χ0) is 47.7. The Morgan fingerprint density at radius 2 is 0.913 bits per heavy atom. The normalized spacial score (nSPS) is 19.7. The van der Waals surface area contributed by atoms with Gasteiger partial charge >= 0.3 is 0 Å². The number of rotatable bonds is 15. The predicted molar refractivity (Wildman–Crippen MR) is 265 cm³/mol. The van der Waals surface area contributed by atoms with Crippen molar-refractivity contribution in [3.05, 3.63) is 161 Å². The summed E-state index contributed by atoms with van der Waals surface area (Å²) in [5.41, 5.74) is 5.32. The van der Waals surface area contributed by atoms with E-state index < -0.39 is 35.8 Å². The number of nitrogens with one attached hydrogen (secondary N) is 2. The van der Waals surface area contributed by atoms with Gasteiger partial charge in [0.2, 0.25) is 23.6 Å². The highest BCUT2D eigenvalue weighted by molar-refractivity contribution is 5.99. The predicted octanol–water partition coefficient (Wildman–Crippen LogP) is 9.48. The number of nitrogens with zero attached hydrogens (tertiary/aromatic N) is 5. The van der Waals surface area contributed by atoms with Crippen molar-refractivity contribution in [1.29, 1.82) is 0 Å². The molecule has 5 aromatic carbocycles. The van der Waals surface area contributed by atoms with Gasteiger partial charge in [-0.3, -0.25) is 29.0 Å². The molecule has 4 saturated heterocycles. The molecule has 9 rings (SSSR count). The first-order valence-electron chi connectivity index (χ1n) is 24.9. The molecule has 13 heteroatoms. The van der Waals surface area contributed by atoms with Crippen LogP contribution < -0.4 is 15.5 Å². The van der Waals surface area contributed by atoms with Crippen LogP contribution in [0.25, 0.3) is 0 Å². The number of hydrogen-bond acceptors (Lipinski definition) is 7. The van der Waals surface area contributed by atoms with Gasteiger partial charge < -0.3 is 25.3 Å². The van der Waals surface area contributed by atoms with Gasteiger partial charge in [-0.2, -0.15) is 0 Å². The van der Waals surface area contributed by atoms with Gasteiger partial charge in [0.1, 0.15) is 24.2 Å². The molecule has 4 atom stereocenters. The van der Waals surface area contributed by atoms with Crippen molar-refractivity contribution in [2.24, 2.45) is 0 Å². The lowest BCUT2D eigenvalue weighted by molar-refractivity contribution is -0.142. The van der Waals surface area contributed by atoms with E-state index in [-0.39, 0.29) is 23.6 Å². The van der Waals surface area contributed by atoms with Crippen LogP contribution in [0.5, 0.6) is 0 Å². The fraction of sp³-hybridized carbons (Fsp3) is 0.393. The number of halogens is 2. The lowest BCUT2D eigenvalue weighted by Gasteiger charge is -2.37. The molecule has 0 aromatic heterocycles. The van der Waals surface area contributed by atoms with Crippen LogP contribution in [-0.4, -0.2) is 94.6 Å². The standard InChI is InChI=1S/C56H63F2N7O4/c57-47-30-29-46(37-48(47)58)63(38-40-21-25-44(26-22-40)59-53(66)49-19-13-35-64(49)55(68)51(42-15-5-1-6-16-42)61-31-9-3-10-32-61)39-41-23-27-45(28-24-41)60-54(67)50-20-14-36-65(50)56(69)52(43-17-7-2-8-18-43)62-33-11-4-12-34-62/h1-2,5-8,15-18,21-30,37,49-52H,3-4,9-14,19-20,31-36,38-39H2,(H,59,66)(H,60,67)/t49-,50-,51+,52+/m0/s1. The van der Waals surface area contributed by atoms with Crippen LogP contribution in [0.4, 0.5) is 25.8 Å². The van der Waals surface area contributed by atoms with Crippen LogP contribution in [0.3, 0.4) is 0 Å². The van der Waals surface area contributed by atoms with E-state index in [9.17, 15) is 28.0 Å². The van der Waals surface area contributed by atoms with Crippen molar-refractivity contribution >= 4 is 40.7 Å². The van der Waals surface area contributed by atoms with E-state index >= 15 is 0 Å². The molecule has 0 aliphatic carbocycles. The topological polar surface area (TPSA) is 109 Å². The van der Waals surface area contributed by atoms with E-state index in [1.54, 1.807) is 15.9 Å². The first-order valence-corrected chi connectivity index (χ1v) is 24.9. The smallest absolute Gasteiger partial charge is 0.247 e. The minimum Gasteiger partial charge on any atom is -0.363 e. The summed E-state index contributed by atoms with van der Waals surface area (Å²) in [5, 5.41) is 6.12. The average molecular weight is 936 g/mol. The van der Waals surface area contributed by atoms with Crippen molar-refractivity contribution in [2.45, 2.75) is 101 Å². The summed E-state index contributed by atoms with van der Waals surface area (Å²) in [7, 11) is 0. The molecule has 4 heterocycles. The van der Waals surface area contributed by atoms with Crippen LogP contribution in [0.2, 0.25) is 0 Å². The van der Waals surface area contributed by atoms with Crippen LogP contribution in [0, 0.1) is 11.6 Å². The van der Waals surface area contributed by atoms with Crippen LogP contribution in [-0.2, 0) is 32.3 Å². The van der Waals surface area contributed by atoms with E-state index in [0.29, 0.717) is 56.1 Å². The molecular weight excluding hydrogens is 873 g/mol. The second-order valence-electron chi connectivity index (χ2n) is 19.0. The van der Waals surface area contributed by atoms with Crippen LogP contribution >= 0.6 is 0 Å². The van der Waals surface area contributed by atoms with Gasteiger partial charge in [-0.05, 0) is 136 Å². The van der Waals surface area contributed by atoms with E-state index in [1.807, 2.05) is 114 Å². The second kappa shape index (κ2) is 22.3. The number of carbonyl (C=O) groups is 4. The number of piperidine rings is 2. The highest BCUT2D eigenvalue weighted by Gasteiger charge is 2.41. The third kappa shape index (κ3) is 11.4. The molecule has 4 aliphatic heterocycles. The van der Waals surface area contributed by atoms with Gasteiger partial charge in [-0.15, -0.1) is 0 Å². The number of carbonyl (C=O) groups excluding carboxylic acids is 4. The number of amides is 4.